The standard InChI is InChI=1S/C22H22FN3O3/c1-12-16(23)9-7-14-15(20(26-19(12)14)13-5-3-2-4-6-13)8-10-18(28)25-21-17(27)11-24-22(21)29/h2-7,9,17,21,26-27H,8,10-11H2,1H3,(H,24,29)(H,25,28)/t17-,21+/m1/s1. The van der Waals surface area contributed by atoms with Crippen molar-refractivity contribution in [2.45, 2.75) is 31.9 Å². The molecule has 1 aliphatic heterocycles. The summed E-state index contributed by atoms with van der Waals surface area (Å²) in [5, 5.41) is 15.8. The minimum Gasteiger partial charge on any atom is -0.389 e. The van der Waals surface area contributed by atoms with E-state index in [2.05, 4.69) is 15.6 Å². The molecule has 2 aromatic carbocycles. The Balaban J connectivity index is 1.63. The summed E-state index contributed by atoms with van der Waals surface area (Å²) in [6, 6.07) is 11.9. The summed E-state index contributed by atoms with van der Waals surface area (Å²) in [5.41, 5.74) is 3.96. The predicted molar refractivity (Wildman–Crippen MR) is 108 cm³/mol. The third-order valence-electron chi connectivity index (χ3n) is 5.41. The number of hydrogen-bond acceptors (Lipinski definition) is 3. The molecule has 1 aliphatic rings. The van der Waals surface area contributed by atoms with Crippen LogP contribution in [0.4, 0.5) is 4.39 Å². The molecule has 0 saturated carbocycles. The summed E-state index contributed by atoms with van der Waals surface area (Å²) in [4.78, 5) is 27.5. The Bertz CT molecular complexity index is 1080. The molecule has 3 aromatic rings. The molecule has 4 rings (SSSR count). The number of nitrogens with one attached hydrogen (secondary N) is 3. The van der Waals surface area contributed by atoms with Crippen LogP contribution in [0.5, 0.6) is 0 Å². The first-order valence-electron chi connectivity index (χ1n) is 9.56. The van der Waals surface area contributed by atoms with Crippen molar-refractivity contribution in [1.29, 1.82) is 0 Å². The number of aromatic nitrogens is 1. The normalized spacial score (nSPS) is 18.8. The van der Waals surface area contributed by atoms with Gasteiger partial charge in [0.1, 0.15) is 18.0 Å². The number of aromatic amines is 1. The van der Waals surface area contributed by atoms with Crippen LogP contribution in [0.15, 0.2) is 42.5 Å². The smallest absolute Gasteiger partial charge is 0.245 e. The molecule has 0 unspecified atom stereocenters. The van der Waals surface area contributed by atoms with Gasteiger partial charge in [-0.05, 0) is 36.6 Å². The average molecular weight is 395 g/mol. The van der Waals surface area contributed by atoms with E-state index < -0.39 is 12.1 Å². The Kier molecular flexibility index (Phi) is 5.07. The fourth-order valence-corrected chi connectivity index (χ4v) is 3.80. The van der Waals surface area contributed by atoms with Crippen LogP contribution in [0, 0.1) is 12.7 Å². The van der Waals surface area contributed by atoms with E-state index in [1.807, 2.05) is 30.3 Å². The first kappa shape index (κ1) is 19.1. The highest BCUT2D eigenvalue weighted by Gasteiger charge is 2.34. The fraction of sp³-hybridized carbons (Fsp3) is 0.273. The number of H-pyrrole nitrogens is 1. The molecule has 1 fully saturated rings. The van der Waals surface area contributed by atoms with Gasteiger partial charge in [0.15, 0.2) is 0 Å². The van der Waals surface area contributed by atoms with Crippen LogP contribution >= 0.6 is 0 Å². The Morgan fingerprint density at radius 1 is 1.24 bits per heavy atom. The first-order chi connectivity index (χ1) is 14.0. The van der Waals surface area contributed by atoms with Gasteiger partial charge in [0.25, 0.3) is 0 Å². The number of rotatable bonds is 5. The van der Waals surface area contributed by atoms with Crippen molar-refractivity contribution in [3.05, 3.63) is 59.4 Å². The lowest BCUT2D eigenvalue weighted by molar-refractivity contribution is -0.128. The molecule has 150 valence electrons. The average Bonchev–Trinajstić information content (AvgIpc) is 3.25. The van der Waals surface area contributed by atoms with E-state index in [-0.39, 0.29) is 30.6 Å². The number of halogens is 1. The third-order valence-corrected chi connectivity index (χ3v) is 5.41. The van der Waals surface area contributed by atoms with Gasteiger partial charge in [0.05, 0.1) is 5.52 Å². The topological polar surface area (TPSA) is 94.2 Å². The molecule has 0 radical (unpaired) electrons. The summed E-state index contributed by atoms with van der Waals surface area (Å²) >= 11 is 0. The van der Waals surface area contributed by atoms with Gasteiger partial charge in [-0.2, -0.15) is 0 Å². The molecule has 0 spiro atoms. The second kappa shape index (κ2) is 7.67. The summed E-state index contributed by atoms with van der Waals surface area (Å²) < 4.78 is 14.1. The van der Waals surface area contributed by atoms with Crippen LogP contribution in [0.2, 0.25) is 0 Å². The molecule has 2 heterocycles. The predicted octanol–water partition coefficient (Wildman–Crippen LogP) is 2.19. The highest BCUT2D eigenvalue weighted by atomic mass is 19.1. The first-order valence-corrected chi connectivity index (χ1v) is 9.56. The van der Waals surface area contributed by atoms with Crippen LogP contribution in [-0.2, 0) is 16.0 Å². The molecule has 1 aromatic heterocycles. The minimum atomic E-state index is -0.926. The maximum absolute atomic E-state index is 14.1. The minimum absolute atomic E-state index is 0.134. The SMILES string of the molecule is Cc1c(F)ccc2c(CCC(=O)N[C@@H]3C(=O)NC[C@H]3O)c(-c3ccccc3)[nH]c12. The van der Waals surface area contributed by atoms with Crippen molar-refractivity contribution < 1.29 is 19.1 Å². The van der Waals surface area contributed by atoms with Gasteiger partial charge in [0.2, 0.25) is 11.8 Å². The van der Waals surface area contributed by atoms with E-state index in [0.29, 0.717) is 17.5 Å². The van der Waals surface area contributed by atoms with Gasteiger partial charge in [-0.1, -0.05) is 30.3 Å². The van der Waals surface area contributed by atoms with E-state index in [4.69, 9.17) is 0 Å². The molecule has 0 aliphatic carbocycles. The van der Waals surface area contributed by atoms with Crippen molar-refractivity contribution >= 4 is 22.7 Å². The number of aliphatic hydroxyl groups is 1. The Hall–Kier alpha value is -3.19. The van der Waals surface area contributed by atoms with Crippen molar-refractivity contribution in [2.75, 3.05) is 6.54 Å². The van der Waals surface area contributed by atoms with Crippen molar-refractivity contribution in [3.8, 4) is 11.3 Å². The van der Waals surface area contributed by atoms with Crippen LogP contribution in [-0.4, -0.2) is 40.6 Å². The van der Waals surface area contributed by atoms with E-state index in [1.54, 1.807) is 13.0 Å². The molecule has 7 heteroatoms. The van der Waals surface area contributed by atoms with E-state index in [0.717, 1.165) is 22.2 Å². The molecule has 2 amide bonds. The number of fused-ring (bicyclic) bond motifs is 1. The Morgan fingerprint density at radius 2 is 2.00 bits per heavy atom. The maximum atomic E-state index is 14.1. The zero-order chi connectivity index (χ0) is 20.5. The van der Waals surface area contributed by atoms with E-state index >= 15 is 0 Å². The highest BCUT2D eigenvalue weighted by molar-refractivity contribution is 5.94. The maximum Gasteiger partial charge on any atom is 0.245 e. The number of aliphatic hydroxyl groups excluding tert-OH is 1. The zero-order valence-corrected chi connectivity index (χ0v) is 16.0. The number of carbonyl (C=O) groups is 2. The van der Waals surface area contributed by atoms with Crippen LogP contribution in [0.1, 0.15) is 17.5 Å². The van der Waals surface area contributed by atoms with Crippen molar-refractivity contribution in [1.82, 2.24) is 15.6 Å². The molecule has 2 atom stereocenters. The Labute approximate surface area is 167 Å². The molecule has 0 bridgehead atoms. The second-order valence-corrected chi connectivity index (χ2v) is 7.30. The van der Waals surface area contributed by atoms with Crippen molar-refractivity contribution in [3.63, 3.8) is 0 Å². The van der Waals surface area contributed by atoms with Crippen LogP contribution < -0.4 is 10.6 Å². The van der Waals surface area contributed by atoms with Gasteiger partial charge >= 0.3 is 0 Å². The van der Waals surface area contributed by atoms with Gasteiger partial charge in [-0.15, -0.1) is 0 Å². The lowest BCUT2D eigenvalue weighted by atomic mass is 10.00. The summed E-state index contributed by atoms with van der Waals surface area (Å²) in [5.74, 6) is -0.990. The van der Waals surface area contributed by atoms with Gasteiger partial charge in [0, 0.05) is 29.6 Å². The van der Waals surface area contributed by atoms with Crippen LogP contribution in [0.3, 0.4) is 0 Å². The number of amides is 2. The zero-order valence-electron chi connectivity index (χ0n) is 16.0. The third kappa shape index (κ3) is 3.61. The quantitative estimate of drug-likeness (QED) is 0.533. The highest BCUT2D eigenvalue weighted by Crippen LogP contribution is 2.33. The second-order valence-electron chi connectivity index (χ2n) is 7.30. The lowest BCUT2D eigenvalue weighted by Gasteiger charge is -2.13. The largest absolute Gasteiger partial charge is 0.389 e. The molecule has 4 N–H and O–H groups in total. The number of carbonyl (C=O) groups excluding carboxylic acids is 2. The monoisotopic (exact) mass is 395 g/mol. The summed E-state index contributed by atoms with van der Waals surface area (Å²) in [6.45, 7) is 1.86. The molecular weight excluding hydrogens is 373 g/mol. The molecule has 1 saturated heterocycles. The van der Waals surface area contributed by atoms with Gasteiger partial charge in [-0.25, -0.2) is 4.39 Å². The van der Waals surface area contributed by atoms with E-state index in [9.17, 15) is 19.1 Å². The molecule has 6 nitrogen and oxygen atoms in total. The summed E-state index contributed by atoms with van der Waals surface area (Å²) in [6.07, 6.45) is -0.379. The van der Waals surface area contributed by atoms with E-state index in [1.165, 1.54) is 6.07 Å². The fourth-order valence-electron chi connectivity index (χ4n) is 3.80. The van der Waals surface area contributed by atoms with Gasteiger partial charge in [-0.3, -0.25) is 9.59 Å². The van der Waals surface area contributed by atoms with Crippen molar-refractivity contribution in [2.24, 2.45) is 0 Å². The van der Waals surface area contributed by atoms with Crippen LogP contribution in [0.25, 0.3) is 22.2 Å². The number of β-amino-alcohol motifs (C(OH)–C–C–N with tert-alkyl or cyclic N) is 1. The summed E-state index contributed by atoms with van der Waals surface area (Å²) in [7, 11) is 0. The Morgan fingerprint density at radius 3 is 2.69 bits per heavy atom. The van der Waals surface area contributed by atoms with Gasteiger partial charge < -0.3 is 20.7 Å². The number of hydrogen-bond donors (Lipinski definition) is 4. The lowest BCUT2D eigenvalue weighted by Crippen LogP contribution is -2.45. The number of aryl methyl sites for hydroxylation is 2. The molecule has 29 heavy (non-hydrogen) atoms. The molecular formula is C22H22FN3O3. The number of benzene rings is 2.